The Morgan fingerprint density at radius 2 is 2.11 bits per heavy atom. The summed E-state index contributed by atoms with van der Waals surface area (Å²) < 4.78 is 1.80. The highest BCUT2D eigenvalue weighted by atomic mass is 35.5. The van der Waals surface area contributed by atoms with Gasteiger partial charge in [0.15, 0.2) is 5.82 Å². The molecule has 1 amide bonds. The van der Waals surface area contributed by atoms with Crippen molar-refractivity contribution in [3.05, 3.63) is 48.2 Å². The third-order valence-electron chi connectivity index (χ3n) is 2.68. The second-order valence-corrected chi connectivity index (χ2v) is 4.22. The third-order valence-corrected chi connectivity index (χ3v) is 2.92. The molecule has 94 valence electrons. The molecule has 1 N–H and O–H groups in total. The summed E-state index contributed by atoms with van der Waals surface area (Å²) in [7, 11) is 0. The Bertz CT molecular complexity index is 524. The molecule has 0 aliphatic carbocycles. The minimum Gasteiger partial charge on any atom is -0.308 e. The molecule has 1 aromatic heterocycles. The van der Waals surface area contributed by atoms with Crippen LogP contribution in [0.1, 0.15) is 18.5 Å². The molecule has 2 rings (SSSR count). The topological polar surface area (TPSA) is 46.9 Å². The fourth-order valence-corrected chi connectivity index (χ4v) is 1.75. The molecule has 0 spiro atoms. The molecule has 0 bridgehead atoms. The maximum atomic E-state index is 11.1. The largest absolute Gasteiger partial charge is 0.308 e. The van der Waals surface area contributed by atoms with Crippen molar-refractivity contribution < 1.29 is 4.79 Å². The lowest BCUT2D eigenvalue weighted by molar-refractivity contribution is -0.113. The van der Waals surface area contributed by atoms with Crippen LogP contribution in [0.25, 0.3) is 0 Å². The Morgan fingerprint density at radius 3 is 2.78 bits per heavy atom. The van der Waals surface area contributed by atoms with Gasteiger partial charge in [-0.3, -0.25) is 9.48 Å². The number of halogens is 1. The molecule has 1 unspecified atom stereocenters. The van der Waals surface area contributed by atoms with Crippen molar-refractivity contribution in [1.82, 2.24) is 9.78 Å². The van der Waals surface area contributed by atoms with Gasteiger partial charge in [0.2, 0.25) is 5.91 Å². The van der Waals surface area contributed by atoms with Crippen molar-refractivity contribution >= 4 is 23.3 Å². The van der Waals surface area contributed by atoms with Crippen LogP contribution in [-0.4, -0.2) is 21.6 Å². The predicted octanol–water partition coefficient (Wildman–Crippen LogP) is 2.67. The van der Waals surface area contributed by atoms with Crippen LogP contribution in [0.3, 0.4) is 0 Å². The number of anilines is 1. The van der Waals surface area contributed by atoms with E-state index in [9.17, 15) is 4.79 Å². The molecule has 1 atom stereocenters. The predicted molar refractivity (Wildman–Crippen MR) is 71.8 cm³/mol. The van der Waals surface area contributed by atoms with Crippen LogP contribution in [0.4, 0.5) is 5.82 Å². The Balaban J connectivity index is 2.12. The number of carbonyl (C=O) groups excluding carboxylic acids is 1. The van der Waals surface area contributed by atoms with Crippen LogP contribution in [-0.2, 0) is 4.79 Å². The first kappa shape index (κ1) is 12.6. The summed E-state index contributed by atoms with van der Waals surface area (Å²) in [6.07, 6.45) is 1.83. The Morgan fingerprint density at radius 1 is 1.39 bits per heavy atom. The summed E-state index contributed by atoms with van der Waals surface area (Å²) in [6.45, 7) is 2.05. The fourth-order valence-electron chi connectivity index (χ4n) is 1.68. The van der Waals surface area contributed by atoms with Crippen LogP contribution >= 0.6 is 11.6 Å². The number of nitrogens with zero attached hydrogens (tertiary/aromatic N) is 2. The SMILES string of the molecule is CC(c1ccccc1)n1ccc(NC(=O)CCl)n1. The van der Waals surface area contributed by atoms with Crippen LogP contribution in [0.15, 0.2) is 42.6 Å². The van der Waals surface area contributed by atoms with Gasteiger partial charge in [-0.15, -0.1) is 11.6 Å². The van der Waals surface area contributed by atoms with E-state index in [0.29, 0.717) is 5.82 Å². The van der Waals surface area contributed by atoms with E-state index in [-0.39, 0.29) is 17.8 Å². The number of benzene rings is 1. The first-order valence-electron chi connectivity index (χ1n) is 5.66. The van der Waals surface area contributed by atoms with E-state index in [0.717, 1.165) is 5.56 Å². The second-order valence-electron chi connectivity index (χ2n) is 3.95. The van der Waals surface area contributed by atoms with E-state index in [4.69, 9.17) is 11.6 Å². The first-order valence-corrected chi connectivity index (χ1v) is 6.20. The Hall–Kier alpha value is -1.81. The van der Waals surface area contributed by atoms with Crippen molar-refractivity contribution in [2.75, 3.05) is 11.2 Å². The van der Waals surface area contributed by atoms with E-state index in [1.807, 2.05) is 36.5 Å². The average Bonchev–Trinajstić information content (AvgIpc) is 2.87. The van der Waals surface area contributed by atoms with Gasteiger partial charge in [0, 0.05) is 12.3 Å². The van der Waals surface area contributed by atoms with Gasteiger partial charge in [-0.2, -0.15) is 5.10 Å². The van der Waals surface area contributed by atoms with E-state index in [1.165, 1.54) is 0 Å². The van der Waals surface area contributed by atoms with Crippen LogP contribution in [0.2, 0.25) is 0 Å². The zero-order valence-electron chi connectivity index (χ0n) is 10.0. The lowest BCUT2D eigenvalue weighted by Gasteiger charge is -2.12. The van der Waals surface area contributed by atoms with Crippen molar-refractivity contribution in [2.24, 2.45) is 0 Å². The molecule has 18 heavy (non-hydrogen) atoms. The highest BCUT2D eigenvalue weighted by Gasteiger charge is 2.09. The third kappa shape index (κ3) is 2.90. The van der Waals surface area contributed by atoms with Crippen LogP contribution in [0, 0.1) is 0 Å². The van der Waals surface area contributed by atoms with Crippen molar-refractivity contribution in [3.63, 3.8) is 0 Å². The lowest BCUT2D eigenvalue weighted by atomic mass is 10.1. The standard InChI is InChI=1S/C13H14ClN3O/c1-10(11-5-3-2-4-6-11)17-8-7-12(16-17)15-13(18)9-14/h2-8,10H,9H2,1H3,(H,15,16,18). The minimum atomic E-state index is -0.255. The van der Waals surface area contributed by atoms with Gasteiger partial charge in [0.05, 0.1) is 6.04 Å². The molecule has 0 aliphatic heterocycles. The normalized spacial score (nSPS) is 12.1. The number of amides is 1. The summed E-state index contributed by atoms with van der Waals surface area (Å²) in [5.74, 6) is 0.193. The lowest BCUT2D eigenvalue weighted by Crippen LogP contribution is -2.14. The Labute approximate surface area is 111 Å². The number of carbonyl (C=O) groups is 1. The van der Waals surface area contributed by atoms with Gasteiger partial charge < -0.3 is 5.32 Å². The summed E-state index contributed by atoms with van der Waals surface area (Å²) >= 11 is 5.42. The first-order chi connectivity index (χ1) is 8.70. The molecule has 0 radical (unpaired) electrons. The number of nitrogens with one attached hydrogen (secondary N) is 1. The summed E-state index contributed by atoms with van der Waals surface area (Å²) in [4.78, 5) is 11.1. The molecular formula is C13H14ClN3O. The van der Waals surface area contributed by atoms with E-state index in [1.54, 1.807) is 10.7 Å². The molecule has 0 fully saturated rings. The highest BCUT2D eigenvalue weighted by Crippen LogP contribution is 2.17. The number of alkyl halides is 1. The van der Waals surface area contributed by atoms with Gasteiger partial charge in [-0.25, -0.2) is 0 Å². The van der Waals surface area contributed by atoms with Crippen molar-refractivity contribution in [3.8, 4) is 0 Å². The molecule has 0 saturated heterocycles. The molecule has 2 aromatic rings. The summed E-state index contributed by atoms with van der Waals surface area (Å²) in [6, 6.07) is 11.9. The molecular weight excluding hydrogens is 250 g/mol. The molecule has 0 saturated carbocycles. The summed E-state index contributed by atoms with van der Waals surface area (Å²) in [5, 5.41) is 6.92. The van der Waals surface area contributed by atoms with E-state index in [2.05, 4.69) is 17.3 Å². The van der Waals surface area contributed by atoms with Crippen LogP contribution < -0.4 is 5.32 Å². The van der Waals surface area contributed by atoms with E-state index < -0.39 is 0 Å². The maximum Gasteiger partial charge on any atom is 0.240 e. The fraction of sp³-hybridized carbons (Fsp3) is 0.231. The smallest absolute Gasteiger partial charge is 0.240 e. The van der Waals surface area contributed by atoms with Crippen LogP contribution in [0.5, 0.6) is 0 Å². The van der Waals surface area contributed by atoms with Gasteiger partial charge in [-0.1, -0.05) is 30.3 Å². The number of aromatic nitrogens is 2. The van der Waals surface area contributed by atoms with Crippen molar-refractivity contribution in [1.29, 1.82) is 0 Å². The van der Waals surface area contributed by atoms with Gasteiger partial charge >= 0.3 is 0 Å². The minimum absolute atomic E-state index is 0.0684. The average molecular weight is 264 g/mol. The van der Waals surface area contributed by atoms with Gasteiger partial charge in [0.25, 0.3) is 0 Å². The molecule has 1 heterocycles. The van der Waals surface area contributed by atoms with E-state index >= 15 is 0 Å². The molecule has 1 aromatic carbocycles. The quantitative estimate of drug-likeness (QED) is 0.862. The number of hydrogen-bond donors (Lipinski definition) is 1. The molecule has 0 aliphatic rings. The molecule has 5 heteroatoms. The highest BCUT2D eigenvalue weighted by molar-refractivity contribution is 6.28. The zero-order chi connectivity index (χ0) is 13.0. The zero-order valence-corrected chi connectivity index (χ0v) is 10.8. The summed E-state index contributed by atoms with van der Waals surface area (Å²) in [5.41, 5.74) is 1.16. The second kappa shape index (κ2) is 5.69. The number of rotatable bonds is 4. The maximum absolute atomic E-state index is 11.1. The van der Waals surface area contributed by atoms with Gasteiger partial charge in [-0.05, 0) is 12.5 Å². The number of hydrogen-bond acceptors (Lipinski definition) is 2. The Kier molecular flexibility index (Phi) is 3.99. The molecule has 4 nitrogen and oxygen atoms in total. The van der Waals surface area contributed by atoms with Crippen molar-refractivity contribution in [2.45, 2.75) is 13.0 Å². The monoisotopic (exact) mass is 263 g/mol. The van der Waals surface area contributed by atoms with Gasteiger partial charge in [0.1, 0.15) is 5.88 Å².